The number of halogens is 3. The molecule has 126 valence electrons. The first-order chi connectivity index (χ1) is 10.8. The largest absolute Gasteiger partial charge is 0.480 e. The van der Waals surface area contributed by atoms with Gasteiger partial charge in [-0.05, 0) is 31.0 Å². The second-order valence-electron chi connectivity index (χ2n) is 5.35. The Morgan fingerprint density at radius 2 is 2.09 bits per heavy atom. The summed E-state index contributed by atoms with van der Waals surface area (Å²) >= 11 is 0. The van der Waals surface area contributed by atoms with E-state index in [0.29, 0.717) is 25.5 Å². The molecular formula is C15H16F3NO4. The highest BCUT2D eigenvalue weighted by molar-refractivity contribution is 5.96. The highest BCUT2D eigenvalue weighted by atomic mass is 19.4. The van der Waals surface area contributed by atoms with Crippen LogP contribution in [-0.2, 0) is 15.7 Å². The van der Waals surface area contributed by atoms with Crippen LogP contribution in [0.15, 0.2) is 24.3 Å². The van der Waals surface area contributed by atoms with E-state index < -0.39 is 35.6 Å². The van der Waals surface area contributed by atoms with E-state index in [-0.39, 0.29) is 12.2 Å². The standard InChI is InChI=1S/C15H16F3NO4/c16-15(17,18)11-5-1-3-9(7-11)13(20)19-12(14(21)22)10-4-2-6-23-8-10/h1,3,5,7,10,12H,2,4,6,8H2,(H,19,20)(H,21,22). The first kappa shape index (κ1) is 17.3. The van der Waals surface area contributed by atoms with Crippen LogP contribution in [0.2, 0.25) is 0 Å². The van der Waals surface area contributed by atoms with Crippen molar-refractivity contribution in [3.8, 4) is 0 Å². The molecule has 1 aliphatic heterocycles. The average Bonchev–Trinajstić information content (AvgIpc) is 2.52. The van der Waals surface area contributed by atoms with Crippen molar-refractivity contribution < 1.29 is 32.6 Å². The van der Waals surface area contributed by atoms with Gasteiger partial charge in [-0.15, -0.1) is 0 Å². The zero-order chi connectivity index (χ0) is 17.0. The van der Waals surface area contributed by atoms with E-state index in [1.807, 2.05) is 0 Å². The number of rotatable bonds is 4. The summed E-state index contributed by atoms with van der Waals surface area (Å²) in [6, 6.07) is 2.67. The van der Waals surface area contributed by atoms with Gasteiger partial charge in [0.25, 0.3) is 5.91 Å². The molecule has 2 N–H and O–H groups in total. The lowest BCUT2D eigenvalue weighted by Crippen LogP contribution is -2.48. The Balaban J connectivity index is 2.14. The number of hydrogen-bond donors (Lipinski definition) is 2. The number of hydrogen-bond acceptors (Lipinski definition) is 3. The van der Waals surface area contributed by atoms with Crippen molar-refractivity contribution in [2.45, 2.75) is 25.1 Å². The minimum absolute atomic E-state index is 0.194. The minimum Gasteiger partial charge on any atom is -0.480 e. The van der Waals surface area contributed by atoms with E-state index in [1.54, 1.807) is 0 Å². The van der Waals surface area contributed by atoms with Crippen molar-refractivity contribution in [3.05, 3.63) is 35.4 Å². The number of carbonyl (C=O) groups excluding carboxylic acids is 1. The summed E-state index contributed by atoms with van der Waals surface area (Å²) in [5.41, 5.74) is -1.19. The van der Waals surface area contributed by atoms with Crippen molar-refractivity contribution in [1.29, 1.82) is 0 Å². The molecule has 5 nitrogen and oxygen atoms in total. The molecule has 0 bridgehead atoms. The number of ether oxygens (including phenoxy) is 1. The number of benzene rings is 1. The minimum atomic E-state index is -4.57. The molecule has 1 aliphatic rings. The molecule has 0 aromatic heterocycles. The molecule has 0 radical (unpaired) electrons. The molecule has 1 aromatic carbocycles. The summed E-state index contributed by atoms with van der Waals surface area (Å²) in [6.45, 7) is 0.726. The SMILES string of the molecule is O=C(NC(C(=O)O)C1CCCOC1)c1cccc(C(F)(F)F)c1. The van der Waals surface area contributed by atoms with Gasteiger partial charge in [0, 0.05) is 18.1 Å². The van der Waals surface area contributed by atoms with Crippen LogP contribution in [0, 0.1) is 5.92 Å². The van der Waals surface area contributed by atoms with Crippen LogP contribution in [0.4, 0.5) is 13.2 Å². The lowest BCUT2D eigenvalue weighted by Gasteiger charge is -2.28. The molecule has 8 heteroatoms. The third-order valence-corrected chi connectivity index (χ3v) is 3.67. The van der Waals surface area contributed by atoms with Gasteiger partial charge in [-0.25, -0.2) is 4.79 Å². The molecular weight excluding hydrogens is 315 g/mol. The highest BCUT2D eigenvalue weighted by Crippen LogP contribution is 2.29. The summed E-state index contributed by atoms with van der Waals surface area (Å²) in [4.78, 5) is 23.4. The maximum absolute atomic E-state index is 12.7. The van der Waals surface area contributed by atoms with Gasteiger partial charge >= 0.3 is 12.1 Å². The van der Waals surface area contributed by atoms with Crippen molar-refractivity contribution in [3.63, 3.8) is 0 Å². The molecule has 1 amide bonds. The van der Waals surface area contributed by atoms with Gasteiger partial charge < -0.3 is 15.2 Å². The van der Waals surface area contributed by atoms with E-state index in [9.17, 15) is 27.9 Å². The Bertz CT molecular complexity index is 582. The number of carboxylic acids is 1. The van der Waals surface area contributed by atoms with E-state index in [2.05, 4.69) is 5.32 Å². The maximum Gasteiger partial charge on any atom is 0.416 e. The number of aliphatic carboxylic acids is 1. The van der Waals surface area contributed by atoms with Gasteiger partial charge in [0.1, 0.15) is 6.04 Å². The zero-order valence-corrected chi connectivity index (χ0v) is 12.1. The van der Waals surface area contributed by atoms with E-state index >= 15 is 0 Å². The Morgan fingerprint density at radius 1 is 1.35 bits per heavy atom. The first-order valence-corrected chi connectivity index (χ1v) is 7.07. The number of amides is 1. The number of nitrogens with one attached hydrogen (secondary N) is 1. The van der Waals surface area contributed by atoms with E-state index in [1.165, 1.54) is 6.07 Å². The molecule has 2 atom stereocenters. The quantitative estimate of drug-likeness (QED) is 0.888. The Labute approximate surface area is 130 Å². The molecule has 1 heterocycles. The Kier molecular flexibility index (Phi) is 5.25. The molecule has 2 unspecified atom stereocenters. The highest BCUT2D eigenvalue weighted by Gasteiger charge is 2.33. The van der Waals surface area contributed by atoms with Crippen molar-refractivity contribution in [2.75, 3.05) is 13.2 Å². The average molecular weight is 331 g/mol. The van der Waals surface area contributed by atoms with Crippen molar-refractivity contribution in [2.24, 2.45) is 5.92 Å². The lowest BCUT2D eigenvalue weighted by molar-refractivity contribution is -0.142. The summed E-state index contributed by atoms with van der Waals surface area (Å²) < 4.78 is 43.2. The topological polar surface area (TPSA) is 75.6 Å². The van der Waals surface area contributed by atoms with Crippen LogP contribution in [-0.4, -0.2) is 36.2 Å². The summed E-state index contributed by atoms with van der Waals surface area (Å²) in [5.74, 6) is -2.49. The van der Waals surface area contributed by atoms with Gasteiger partial charge in [-0.1, -0.05) is 6.07 Å². The van der Waals surface area contributed by atoms with E-state index in [0.717, 1.165) is 12.1 Å². The zero-order valence-electron chi connectivity index (χ0n) is 12.1. The third-order valence-electron chi connectivity index (χ3n) is 3.67. The van der Waals surface area contributed by atoms with Crippen LogP contribution >= 0.6 is 0 Å². The van der Waals surface area contributed by atoms with Gasteiger partial charge in [0.2, 0.25) is 0 Å². The molecule has 1 saturated heterocycles. The predicted molar refractivity (Wildman–Crippen MR) is 73.9 cm³/mol. The second-order valence-corrected chi connectivity index (χ2v) is 5.35. The van der Waals surface area contributed by atoms with Crippen LogP contribution in [0.1, 0.15) is 28.8 Å². The molecule has 0 aliphatic carbocycles. The fourth-order valence-electron chi connectivity index (χ4n) is 2.47. The lowest BCUT2D eigenvalue weighted by atomic mass is 9.93. The van der Waals surface area contributed by atoms with E-state index in [4.69, 9.17) is 4.74 Å². The van der Waals surface area contributed by atoms with Crippen LogP contribution < -0.4 is 5.32 Å². The van der Waals surface area contributed by atoms with Crippen molar-refractivity contribution >= 4 is 11.9 Å². The van der Waals surface area contributed by atoms with Crippen molar-refractivity contribution in [1.82, 2.24) is 5.32 Å². The second kappa shape index (κ2) is 6.99. The predicted octanol–water partition coefficient (Wildman–Crippen LogP) is 2.31. The van der Waals surface area contributed by atoms with Crippen LogP contribution in [0.5, 0.6) is 0 Å². The first-order valence-electron chi connectivity index (χ1n) is 7.07. The fraction of sp³-hybridized carbons (Fsp3) is 0.467. The number of alkyl halides is 3. The summed E-state index contributed by atoms with van der Waals surface area (Å²) in [5, 5.41) is 11.6. The normalized spacial score (nSPS) is 19.9. The van der Waals surface area contributed by atoms with Gasteiger partial charge in [-0.3, -0.25) is 4.79 Å². The van der Waals surface area contributed by atoms with Gasteiger partial charge in [0.15, 0.2) is 0 Å². The summed E-state index contributed by atoms with van der Waals surface area (Å²) in [6.07, 6.45) is -3.33. The molecule has 0 spiro atoms. The Morgan fingerprint density at radius 3 is 2.65 bits per heavy atom. The summed E-state index contributed by atoms with van der Waals surface area (Å²) in [7, 11) is 0. The van der Waals surface area contributed by atoms with Gasteiger partial charge in [0.05, 0.1) is 12.2 Å². The van der Waals surface area contributed by atoms with Crippen LogP contribution in [0.25, 0.3) is 0 Å². The maximum atomic E-state index is 12.7. The monoisotopic (exact) mass is 331 g/mol. The third kappa shape index (κ3) is 4.44. The number of carbonyl (C=O) groups is 2. The Hall–Kier alpha value is -2.09. The molecule has 2 rings (SSSR count). The number of carboxylic acid groups (broad SMARTS) is 1. The van der Waals surface area contributed by atoms with Crippen LogP contribution in [0.3, 0.4) is 0 Å². The fourth-order valence-corrected chi connectivity index (χ4v) is 2.47. The molecule has 1 fully saturated rings. The van der Waals surface area contributed by atoms with Gasteiger partial charge in [-0.2, -0.15) is 13.2 Å². The molecule has 1 aromatic rings. The molecule has 23 heavy (non-hydrogen) atoms. The molecule has 0 saturated carbocycles. The smallest absolute Gasteiger partial charge is 0.416 e.